The normalized spacial score (nSPS) is 11.2. The van der Waals surface area contributed by atoms with E-state index in [-0.39, 0.29) is 5.75 Å². The van der Waals surface area contributed by atoms with Crippen LogP contribution in [0.25, 0.3) is 0 Å². The Balaban J connectivity index is 1.79. The van der Waals surface area contributed by atoms with Gasteiger partial charge in [0.05, 0.1) is 17.9 Å². The van der Waals surface area contributed by atoms with E-state index in [1.54, 1.807) is 36.7 Å². The van der Waals surface area contributed by atoms with Gasteiger partial charge in [-0.15, -0.1) is 0 Å². The van der Waals surface area contributed by atoms with Gasteiger partial charge < -0.3 is 4.74 Å². The van der Waals surface area contributed by atoms with Crippen molar-refractivity contribution in [2.24, 2.45) is 0 Å². The monoisotopic (exact) mass is 333 g/mol. The predicted molar refractivity (Wildman–Crippen MR) is 87.8 cm³/mol. The third kappa shape index (κ3) is 6.20. The fourth-order valence-electron chi connectivity index (χ4n) is 2.11. The number of sulfone groups is 1. The molecule has 0 saturated carbocycles. The zero-order valence-corrected chi connectivity index (χ0v) is 13.8. The molecule has 122 valence electrons. The Morgan fingerprint density at radius 2 is 1.70 bits per heavy atom. The number of rotatable bonds is 7. The molecule has 0 N–H and O–H groups in total. The third-order valence-corrected chi connectivity index (χ3v) is 4.07. The van der Waals surface area contributed by atoms with Gasteiger partial charge in [0.15, 0.2) is 9.84 Å². The molecule has 1 aromatic carbocycles. The summed E-state index contributed by atoms with van der Waals surface area (Å²) in [6.45, 7) is 0.340. The number of hydrogen-bond acceptors (Lipinski definition) is 5. The van der Waals surface area contributed by atoms with Gasteiger partial charge in [-0.3, -0.25) is 4.98 Å². The first-order valence-electron chi connectivity index (χ1n) is 7.27. The lowest BCUT2D eigenvalue weighted by Gasteiger charge is -2.06. The van der Waals surface area contributed by atoms with Gasteiger partial charge in [-0.2, -0.15) is 0 Å². The number of ether oxygens (including phenoxy) is 1. The Labute approximate surface area is 136 Å². The van der Waals surface area contributed by atoms with Crippen LogP contribution < -0.4 is 0 Å². The van der Waals surface area contributed by atoms with Gasteiger partial charge >= 0.3 is 5.97 Å². The molecule has 0 aliphatic carbocycles. The first-order valence-corrected chi connectivity index (χ1v) is 9.33. The first-order chi connectivity index (χ1) is 10.9. The fourth-order valence-corrected chi connectivity index (χ4v) is 2.91. The van der Waals surface area contributed by atoms with E-state index < -0.39 is 15.8 Å². The smallest absolute Gasteiger partial charge is 0.338 e. The maximum atomic E-state index is 11.9. The van der Waals surface area contributed by atoms with Crippen molar-refractivity contribution in [2.45, 2.75) is 18.6 Å². The van der Waals surface area contributed by atoms with Crippen molar-refractivity contribution in [2.75, 3.05) is 12.9 Å². The summed E-state index contributed by atoms with van der Waals surface area (Å²) in [6.07, 6.45) is 6.21. The van der Waals surface area contributed by atoms with Crippen LogP contribution in [0.3, 0.4) is 0 Å². The van der Waals surface area contributed by atoms with E-state index in [0.717, 1.165) is 18.4 Å². The van der Waals surface area contributed by atoms with Crippen LogP contribution in [-0.2, 0) is 26.7 Å². The van der Waals surface area contributed by atoms with E-state index in [2.05, 4.69) is 4.98 Å². The standard InChI is InChI=1S/C17H19NO4S/c1-23(20,21)13-15-4-6-16(7-5-15)17(19)22-12-2-3-14-8-10-18-11-9-14/h4-11H,2-3,12-13H2,1H3. The molecule has 0 radical (unpaired) electrons. The van der Waals surface area contributed by atoms with Crippen LogP contribution >= 0.6 is 0 Å². The highest BCUT2D eigenvalue weighted by atomic mass is 32.2. The molecule has 0 spiro atoms. The summed E-state index contributed by atoms with van der Waals surface area (Å²) < 4.78 is 27.6. The maximum Gasteiger partial charge on any atom is 0.338 e. The summed E-state index contributed by atoms with van der Waals surface area (Å²) in [6, 6.07) is 10.3. The summed E-state index contributed by atoms with van der Waals surface area (Å²) in [4.78, 5) is 15.8. The number of aromatic nitrogens is 1. The molecule has 0 unspecified atom stereocenters. The second kappa shape index (κ2) is 7.87. The van der Waals surface area contributed by atoms with Gasteiger partial charge in [0, 0.05) is 18.6 Å². The molecule has 0 aliphatic heterocycles. The zero-order valence-electron chi connectivity index (χ0n) is 12.9. The summed E-state index contributed by atoms with van der Waals surface area (Å²) in [5, 5.41) is 0. The van der Waals surface area contributed by atoms with Crippen molar-refractivity contribution in [3.05, 3.63) is 65.5 Å². The van der Waals surface area contributed by atoms with E-state index in [9.17, 15) is 13.2 Å². The lowest BCUT2D eigenvalue weighted by Crippen LogP contribution is -2.07. The van der Waals surface area contributed by atoms with Crippen LogP contribution in [0.2, 0.25) is 0 Å². The molecule has 5 nitrogen and oxygen atoms in total. The lowest BCUT2D eigenvalue weighted by molar-refractivity contribution is 0.0500. The molecular weight excluding hydrogens is 314 g/mol. The van der Waals surface area contributed by atoms with Gasteiger partial charge in [-0.05, 0) is 48.2 Å². The van der Waals surface area contributed by atoms with Crippen LogP contribution in [0.1, 0.15) is 27.9 Å². The molecule has 0 amide bonds. The van der Waals surface area contributed by atoms with Gasteiger partial charge in [-0.1, -0.05) is 12.1 Å². The van der Waals surface area contributed by atoms with E-state index >= 15 is 0 Å². The second-order valence-corrected chi connectivity index (χ2v) is 7.50. The molecule has 0 fully saturated rings. The number of pyridine rings is 1. The molecular formula is C17H19NO4S. The van der Waals surface area contributed by atoms with Crippen molar-refractivity contribution in [1.82, 2.24) is 4.98 Å². The predicted octanol–water partition coefficient (Wildman–Crippen LogP) is 2.42. The highest BCUT2D eigenvalue weighted by molar-refractivity contribution is 7.89. The van der Waals surface area contributed by atoms with E-state index in [1.807, 2.05) is 12.1 Å². The number of aryl methyl sites for hydroxylation is 1. The molecule has 0 bridgehead atoms. The van der Waals surface area contributed by atoms with Crippen molar-refractivity contribution in [1.29, 1.82) is 0 Å². The molecule has 1 heterocycles. The van der Waals surface area contributed by atoms with E-state index in [1.165, 1.54) is 6.26 Å². The Morgan fingerprint density at radius 3 is 2.30 bits per heavy atom. The number of esters is 1. The van der Waals surface area contributed by atoms with Gasteiger partial charge in [0.2, 0.25) is 0 Å². The Hall–Kier alpha value is -2.21. The number of carbonyl (C=O) groups is 1. The number of benzene rings is 1. The van der Waals surface area contributed by atoms with Gasteiger partial charge in [0.25, 0.3) is 0 Å². The Kier molecular flexibility index (Phi) is 5.87. The largest absolute Gasteiger partial charge is 0.462 e. The van der Waals surface area contributed by atoms with Gasteiger partial charge in [0.1, 0.15) is 0 Å². The minimum absolute atomic E-state index is 0.0335. The molecule has 6 heteroatoms. The molecule has 2 aromatic rings. The number of hydrogen-bond donors (Lipinski definition) is 0. The van der Waals surface area contributed by atoms with Crippen LogP contribution in [0.5, 0.6) is 0 Å². The molecule has 2 rings (SSSR count). The minimum atomic E-state index is -3.07. The van der Waals surface area contributed by atoms with Crippen molar-refractivity contribution in [3.63, 3.8) is 0 Å². The van der Waals surface area contributed by atoms with E-state index in [4.69, 9.17) is 4.74 Å². The Bertz CT molecular complexity index is 740. The summed E-state index contributed by atoms with van der Waals surface area (Å²) in [5.74, 6) is -0.431. The van der Waals surface area contributed by atoms with Crippen molar-refractivity contribution in [3.8, 4) is 0 Å². The summed E-state index contributed by atoms with van der Waals surface area (Å²) >= 11 is 0. The van der Waals surface area contributed by atoms with Crippen LogP contribution in [0.4, 0.5) is 0 Å². The van der Waals surface area contributed by atoms with Crippen LogP contribution in [0, 0.1) is 0 Å². The maximum absolute atomic E-state index is 11.9. The molecule has 0 atom stereocenters. The third-order valence-electron chi connectivity index (χ3n) is 3.21. The topological polar surface area (TPSA) is 73.3 Å². The summed E-state index contributed by atoms with van der Waals surface area (Å²) in [5.41, 5.74) is 2.23. The average molecular weight is 333 g/mol. The van der Waals surface area contributed by atoms with E-state index in [0.29, 0.717) is 17.7 Å². The van der Waals surface area contributed by atoms with Gasteiger partial charge in [-0.25, -0.2) is 13.2 Å². The fraction of sp³-hybridized carbons (Fsp3) is 0.294. The second-order valence-electron chi connectivity index (χ2n) is 5.36. The quantitative estimate of drug-likeness (QED) is 0.575. The van der Waals surface area contributed by atoms with Crippen LogP contribution in [0.15, 0.2) is 48.8 Å². The lowest BCUT2D eigenvalue weighted by atomic mass is 10.1. The highest BCUT2D eigenvalue weighted by Gasteiger charge is 2.09. The minimum Gasteiger partial charge on any atom is -0.462 e. The average Bonchev–Trinajstić information content (AvgIpc) is 2.51. The number of nitrogens with zero attached hydrogens (tertiary/aromatic N) is 1. The first kappa shape index (κ1) is 17.1. The molecule has 23 heavy (non-hydrogen) atoms. The van der Waals surface area contributed by atoms with Crippen LogP contribution in [-0.4, -0.2) is 32.2 Å². The van der Waals surface area contributed by atoms with Crippen molar-refractivity contribution < 1.29 is 17.9 Å². The SMILES string of the molecule is CS(=O)(=O)Cc1ccc(C(=O)OCCCc2ccncc2)cc1. The Morgan fingerprint density at radius 1 is 1.04 bits per heavy atom. The summed E-state index contributed by atoms with van der Waals surface area (Å²) in [7, 11) is -3.07. The number of carbonyl (C=O) groups excluding carboxylic acids is 1. The molecule has 0 aliphatic rings. The zero-order chi connectivity index (χ0) is 16.7. The van der Waals surface area contributed by atoms with Crippen molar-refractivity contribution >= 4 is 15.8 Å². The molecule has 0 saturated heterocycles. The molecule has 1 aromatic heterocycles. The highest BCUT2D eigenvalue weighted by Crippen LogP contribution is 2.09.